The molecule has 0 aliphatic rings. The molecule has 0 spiro atoms. The first-order valence-corrected chi connectivity index (χ1v) is 9.64. The molecule has 0 bridgehead atoms. The van der Waals surface area contributed by atoms with E-state index < -0.39 is 50.8 Å². The van der Waals surface area contributed by atoms with Gasteiger partial charge in [-0.1, -0.05) is 0 Å². The van der Waals surface area contributed by atoms with Crippen molar-refractivity contribution in [1.82, 2.24) is 0 Å². The van der Waals surface area contributed by atoms with E-state index in [1.807, 2.05) is 41.5 Å². The van der Waals surface area contributed by atoms with Crippen molar-refractivity contribution in [2.45, 2.75) is 58.3 Å². The van der Waals surface area contributed by atoms with Crippen LogP contribution in [0.2, 0.25) is 0 Å². The number of methoxy groups -OCH3 is 3. The summed E-state index contributed by atoms with van der Waals surface area (Å²) in [5, 5.41) is 0. The van der Waals surface area contributed by atoms with Gasteiger partial charge in [-0.15, -0.1) is 0 Å². The minimum absolute atomic E-state index is 0.462. The van der Waals surface area contributed by atoms with Crippen molar-refractivity contribution in [2.24, 2.45) is 0 Å². The molecular formula is C15H33DyO6. The molecule has 0 aromatic carbocycles. The monoisotopic (exact) mass is 473 g/mol. The van der Waals surface area contributed by atoms with Gasteiger partial charge < -0.3 is 0 Å². The molecule has 0 aromatic rings. The summed E-state index contributed by atoms with van der Waals surface area (Å²) in [5.74, 6) is 0. The topological polar surface area (TPSA) is 55.4 Å². The van der Waals surface area contributed by atoms with Gasteiger partial charge in [-0.2, -0.15) is 0 Å². The molecule has 0 heterocycles. The molecule has 0 atom stereocenters. The van der Waals surface area contributed by atoms with Gasteiger partial charge in [0.15, 0.2) is 0 Å². The first-order valence-electron chi connectivity index (χ1n) is 7.15. The summed E-state index contributed by atoms with van der Waals surface area (Å²) in [6.07, 6.45) is 0. The summed E-state index contributed by atoms with van der Waals surface area (Å²) in [4.78, 5) is 0. The van der Waals surface area contributed by atoms with E-state index in [9.17, 15) is 0 Å². The molecule has 0 aromatic heterocycles. The molecule has 22 heavy (non-hydrogen) atoms. The Bertz CT molecular complexity index is 259. The first kappa shape index (κ1) is 23.0. The molecule has 0 aliphatic heterocycles. The Balaban J connectivity index is 4.98. The van der Waals surface area contributed by atoms with Crippen molar-refractivity contribution in [3.8, 4) is 0 Å². The maximum atomic E-state index is 6.12. The van der Waals surface area contributed by atoms with Crippen LogP contribution in [0, 0.1) is 34.0 Å². The minimum atomic E-state index is -2.65. The van der Waals surface area contributed by atoms with Gasteiger partial charge in [0.25, 0.3) is 0 Å². The normalized spacial score (nSPS) is 14.3. The summed E-state index contributed by atoms with van der Waals surface area (Å²) in [6, 6.07) is 0. The van der Waals surface area contributed by atoms with E-state index in [1.54, 1.807) is 21.3 Å². The molecule has 0 saturated heterocycles. The fourth-order valence-electron chi connectivity index (χ4n) is 1.57. The molecule has 0 radical (unpaired) electrons. The van der Waals surface area contributed by atoms with Gasteiger partial charge in [0.1, 0.15) is 0 Å². The summed E-state index contributed by atoms with van der Waals surface area (Å²) in [7, 11) is 4.94. The van der Waals surface area contributed by atoms with Crippen LogP contribution in [0.25, 0.3) is 0 Å². The summed E-state index contributed by atoms with van der Waals surface area (Å²) in [6.45, 7) is 13.1. The molecular weight excluding hydrogens is 439 g/mol. The number of rotatable bonds is 12. The molecule has 6 nitrogen and oxygen atoms in total. The second kappa shape index (κ2) is 10.1. The van der Waals surface area contributed by atoms with Gasteiger partial charge >= 0.3 is 152 Å². The van der Waals surface area contributed by atoms with Crippen LogP contribution >= 0.6 is 0 Å². The number of ether oxygens (including phenoxy) is 3. The summed E-state index contributed by atoms with van der Waals surface area (Å²) in [5.41, 5.74) is -1.44. The second-order valence-electron chi connectivity index (χ2n) is 6.93. The maximum absolute atomic E-state index is 6.12. The van der Waals surface area contributed by atoms with Crippen molar-refractivity contribution in [3.05, 3.63) is 0 Å². The molecule has 0 rings (SSSR count). The van der Waals surface area contributed by atoms with Crippen LogP contribution in [-0.4, -0.2) is 58.0 Å². The zero-order chi connectivity index (χ0) is 17.4. The molecule has 139 valence electrons. The molecule has 7 heteroatoms. The van der Waals surface area contributed by atoms with Gasteiger partial charge in [-0.05, 0) is 0 Å². The Labute approximate surface area is 151 Å². The average Bonchev–Trinajstić information content (AvgIpc) is 2.25. The van der Waals surface area contributed by atoms with Crippen LogP contribution in [0.1, 0.15) is 41.5 Å². The molecule has 0 aliphatic carbocycles. The van der Waals surface area contributed by atoms with Crippen LogP contribution in [0.3, 0.4) is 0 Å². The van der Waals surface area contributed by atoms with Gasteiger partial charge in [-0.3, -0.25) is 0 Å². The second-order valence-corrected chi connectivity index (χ2v) is 9.19. The predicted octanol–water partition coefficient (Wildman–Crippen LogP) is 2.68. The van der Waals surface area contributed by atoms with Crippen LogP contribution in [0.5, 0.6) is 0 Å². The third kappa shape index (κ3) is 10.7. The zero-order valence-electron chi connectivity index (χ0n) is 15.4. The zero-order valence-corrected chi connectivity index (χ0v) is 17.4. The summed E-state index contributed by atoms with van der Waals surface area (Å²) < 4.78 is 34.0. The Morgan fingerprint density at radius 3 is 0.955 bits per heavy atom. The third-order valence-corrected chi connectivity index (χ3v) is 6.54. The first-order chi connectivity index (χ1) is 9.97. The Morgan fingerprint density at radius 2 is 0.773 bits per heavy atom. The molecule has 0 saturated carbocycles. The van der Waals surface area contributed by atoms with Gasteiger partial charge in [-0.25, -0.2) is 0 Å². The van der Waals surface area contributed by atoms with E-state index in [1.165, 1.54) is 0 Å². The number of hydrogen-bond donors (Lipinski definition) is 0. The standard InChI is InChI=1S/3C5H11O2.Dy/c3*1-5(2,6)4-7-3;/h3*4H2,1-3H3;/q3*-1;+3. The van der Waals surface area contributed by atoms with Gasteiger partial charge in [0, 0.05) is 0 Å². The third-order valence-electron chi connectivity index (χ3n) is 2.16. The van der Waals surface area contributed by atoms with Crippen LogP contribution < -0.4 is 0 Å². The van der Waals surface area contributed by atoms with Crippen LogP contribution in [0.4, 0.5) is 0 Å². The Morgan fingerprint density at radius 1 is 0.545 bits per heavy atom. The van der Waals surface area contributed by atoms with E-state index in [2.05, 4.69) is 0 Å². The van der Waals surface area contributed by atoms with Gasteiger partial charge in [0.05, 0.1) is 0 Å². The fourth-order valence-corrected chi connectivity index (χ4v) is 4.92. The van der Waals surface area contributed by atoms with E-state index in [-0.39, 0.29) is 0 Å². The molecule has 0 unspecified atom stereocenters. The molecule has 0 amide bonds. The fraction of sp³-hybridized carbons (Fsp3) is 1.00. The van der Waals surface area contributed by atoms with Gasteiger partial charge in [0.2, 0.25) is 0 Å². The van der Waals surface area contributed by atoms with E-state index in [4.69, 9.17) is 18.4 Å². The van der Waals surface area contributed by atoms with Crippen LogP contribution in [0.15, 0.2) is 0 Å². The Kier molecular flexibility index (Phi) is 10.6. The average molecular weight is 472 g/mol. The van der Waals surface area contributed by atoms with Crippen molar-refractivity contribution < 1.29 is 52.4 Å². The SMILES string of the molecule is COCC(C)(C)[O][Dy]([O]C(C)(C)COC)[O]C(C)(C)COC. The quantitative estimate of drug-likeness (QED) is 0.436. The van der Waals surface area contributed by atoms with E-state index in [0.717, 1.165) is 0 Å². The van der Waals surface area contributed by atoms with Crippen molar-refractivity contribution >= 4 is 0 Å². The number of hydrogen-bond acceptors (Lipinski definition) is 6. The van der Waals surface area contributed by atoms with Crippen molar-refractivity contribution in [2.75, 3.05) is 41.2 Å². The van der Waals surface area contributed by atoms with Crippen LogP contribution in [-0.2, 0) is 18.4 Å². The summed E-state index contributed by atoms with van der Waals surface area (Å²) >= 11 is -2.65. The molecule has 0 N–H and O–H groups in total. The van der Waals surface area contributed by atoms with E-state index in [0.29, 0.717) is 19.8 Å². The van der Waals surface area contributed by atoms with Crippen molar-refractivity contribution in [1.29, 1.82) is 0 Å². The molecule has 0 fully saturated rings. The predicted molar refractivity (Wildman–Crippen MR) is 81.1 cm³/mol. The Hall–Kier alpha value is 1.03. The van der Waals surface area contributed by atoms with E-state index >= 15 is 0 Å². The van der Waals surface area contributed by atoms with Crippen molar-refractivity contribution in [3.63, 3.8) is 0 Å².